The number of amides is 2. The summed E-state index contributed by atoms with van der Waals surface area (Å²) in [5, 5.41) is 11.4. The predicted octanol–water partition coefficient (Wildman–Crippen LogP) is 0.876. The highest BCUT2D eigenvalue weighted by Gasteiger charge is 2.47. The Labute approximate surface area is 165 Å². The monoisotopic (exact) mass is 403 g/mol. The van der Waals surface area contributed by atoms with Gasteiger partial charge in [0.1, 0.15) is 17.4 Å². The first-order valence-corrected chi connectivity index (χ1v) is 9.80. The van der Waals surface area contributed by atoms with Crippen LogP contribution < -0.4 is 15.8 Å². The minimum Gasteiger partial charge on any atom is -0.497 e. The molecule has 1 saturated heterocycles. The molecular formula is C18H21N5O4S. The molecule has 2 fully saturated rings. The van der Waals surface area contributed by atoms with E-state index in [1.807, 2.05) is 24.3 Å². The van der Waals surface area contributed by atoms with Crippen LogP contribution in [0.4, 0.5) is 5.13 Å². The highest BCUT2D eigenvalue weighted by Crippen LogP contribution is 2.39. The Hall–Kier alpha value is -2.72. The van der Waals surface area contributed by atoms with Crippen LogP contribution in [0.25, 0.3) is 0 Å². The number of methoxy groups -OCH3 is 1. The summed E-state index contributed by atoms with van der Waals surface area (Å²) in [7, 11) is 1.59. The van der Waals surface area contributed by atoms with Crippen molar-refractivity contribution in [3.05, 3.63) is 34.8 Å². The van der Waals surface area contributed by atoms with E-state index in [9.17, 15) is 9.59 Å². The van der Waals surface area contributed by atoms with Crippen LogP contribution in [0.5, 0.6) is 5.75 Å². The molecule has 9 nitrogen and oxygen atoms in total. The van der Waals surface area contributed by atoms with Crippen LogP contribution in [0, 0.1) is 0 Å². The van der Waals surface area contributed by atoms with Gasteiger partial charge >= 0.3 is 0 Å². The number of carbonyl (C=O) groups excluding carboxylic acids is 2. The van der Waals surface area contributed by atoms with Crippen molar-refractivity contribution < 1.29 is 19.1 Å². The van der Waals surface area contributed by atoms with E-state index in [1.54, 1.807) is 12.0 Å². The smallest absolute Gasteiger partial charge is 0.252 e. The van der Waals surface area contributed by atoms with Gasteiger partial charge in [0.15, 0.2) is 6.10 Å². The first-order chi connectivity index (χ1) is 13.6. The molecule has 10 heteroatoms. The van der Waals surface area contributed by atoms with Crippen LogP contribution in [0.3, 0.4) is 0 Å². The van der Waals surface area contributed by atoms with Gasteiger partial charge in [-0.3, -0.25) is 9.59 Å². The topological polar surface area (TPSA) is 120 Å². The van der Waals surface area contributed by atoms with Gasteiger partial charge in [-0.15, -0.1) is 10.2 Å². The first-order valence-electron chi connectivity index (χ1n) is 8.99. The number of anilines is 1. The quantitative estimate of drug-likeness (QED) is 0.734. The van der Waals surface area contributed by atoms with Gasteiger partial charge in [-0.05, 0) is 30.5 Å². The zero-order valence-corrected chi connectivity index (χ0v) is 16.1. The van der Waals surface area contributed by atoms with Gasteiger partial charge in [0.2, 0.25) is 11.0 Å². The predicted molar refractivity (Wildman–Crippen MR) is 102 cm³/mol. The molecule has 1 aromatic heterocycles. The average Bonchev–Trinajstić information content (AvgIpc) is 3.46. The highest BCUT2D eigenvalue weighted by atomic mass is 32.1. The summed E-state index contributed by atoms with van der Waals surface area (Å²) in [5.74, 6) is 0.316. The van der Waals surface area contributed by atoms with Crippen molar-refractivity contribution in [2.75, 3.05) is 19.5 Å². The van der Waals surface area contributed by atoms with Gasteiger partial charge < -0.3 is 25.4 Å². The number of aromatic nitrogens is 2. The van der Waals surface area contributed by atoms with Crippen LogP contribution in [0.1, 0.15) is 29.5 Å². The van der Waals surface area contributed by atoms with Crippen molar-refractivity contribution in [2.45, 2.75) is 37.6 Å². The van der Waals surface area contributed by atoms with Gasteiger partial charge in [-0.25, -0.2) is 0 Å². The van der Waals surface area contributed by atoms with Gasteiger partial charge in [0.25, 0.3) is 5.91 Å². The molecule has 0 unspecified atom stereocenters. The summed E-state index contributed by atoms with van der Waals surface area (Å²) < 4.78 is 10.9. The molecule has 1 aliphatic carbocycles. The normalized spacial score (nSPS) is 22.2. The van der Waals surface area contributed by atoms with E-state index in [4.69, 9.17) is 15.2 Å². The fraction of sp³-hybridized carbons (Fsp3) is 0.444. The molecule has 2 amide bonds. The number of nitrogens with two attached hydrogens (primary N) is 1. The maximum Gasteiger partial charge on any atom is 0.252 e. The lowest BCUT2D eigenvalue weighted by molar-refractivity contribution is -0.165. The summed E-state index contributed by atoms with van der Waals surface area (Å²) in [5.41, 5.74) is 6.41. The van der Waals surface area contributed by atoms with E-state index in [-0.39, 0.29) is 31.0 Å². The number of hydrogen-bond donors (Lipinski definition) is 2. The lowest BCUT2D eigenvalue weighted by Crippen LogP contribution is -2.55. The SMILES string of the molecule is COc1ccc([C@@H]2[C@@H](C(=O)NCc3nnc(N)s3)OCC(=O)N2C2CC2)cc1. The minimum atomic E-state index is -0.808. The minimum absolute atomic E-state index is 0.0933. The number of benzene rings is 1. The second-order valence-electron chi connectivity index (χ2n) is 6.73. The molecule has 2 atom stereocenters. The lowest BCUT2D eigenvalue weighted by atomic mass is 9.96. The molecule has 0 bridgehead atoms. The summed E-state index contributed by atoms with van der Waals surface area (Å²) in [6.07, 6.45) is 1.07. The molecule has 28 heavy (non-hydrogen) atoms. The Kier molecular flexibility index (Phi) is 5.14. The molecule has 3 N–H and O–H groups in total. The van der Waals surface area contributed by atoms with Crippen molar-refractivity contribution in [1.29, 1.82) is 0 Å². The largest absolute Gasteiger partial charge is 0.497 e. The van der Waals surface area contributed by atoms with Crippen molar-refractivity contribution in [1.82, 2.24) is 20.4 Å². The van der Waals surface area contributed by atoms with Gasteiger partial charge in [0.05, 0.1) is 19.7 Å². The second kappa shape index (κ2) is 7.72. The fourth-order valence-corrected chi connectivity index (χ4v) is 3.92. The third kappa shape index (κ3) is 3.78. The molecule has 0 radical (unpaired) electrons. The van der Waals surface area contributed by atoms with E-state index < -0.39 is 12.1 Å². The fourth-order valence-electron chi connectivity index (χ4n) is 3.37. The highest BCUT2D eigenvalue weighted by molar-refractivity contribution is 7.15. The molecule has 1 aromatic carbocycles. The Bertz CT molecular complexity index is 867. The summed E-state index contributed by atoms with van der Waals surface area (Å²) in [6, 6.07) is 7.04. The molecular weight excluding hydrogens is 382 g/mol. The van der Waals surface area contributed by atoms with E-state index in [0.29, 0.717) is 15.9 Å². The zero-order valence-electron chi connectivity index (χ0n) is 15.3. The number of nitrogens with one attached hydrogen (secondary N) is 1. The maximum atomic E-state index is 12.9. The Morgan fingerprint density at radius 3 is 2.71 bits per heavy atom. The molecule has 1 saturated carbocycles. The van der Waals surface area contributed by atoms with E-state index in [0.717, 1.165) is 18.4 Å². The number of ether oxygens (including phenoxy) is 2. The number of hydrogen-bond acceptors (Lipinski definition) is 8. The van der Waals surface area contributed by atoms with Crippen molar-refractivity contribution in [2.24, 2.45) is 0 Å². The van der Waals surface area contributed by atoms with Crippen molar-refractivity contribution in [3.8, 4) is 5.75 Å². The second-order valence-corrected chi connectivity index (χ2v) is 7.83. The van der Waals surface area contributed by atoms with Crippen molar-refractivity contribution in [3.63, 3.8) is 0 Å². The Morgan fingerprint density at radius 2 is 2.11 bits per heavy atom. The molecule has 2 aliphatic rings. The van der Waals surface area contributed by atoms with Crippen LogP contribution >= 0.6 is 11.3 Å². The molecule has 148 valence electrons. The van der Waals surface area contributed by atoms with Crippen LogP contribution in [0.15, 0.2) is 24.3 Å². The van der Waals surface area contributed by atoms with Gasteiger partial charge in [0, 0.05) is 6.04 Å². The van der Waals surface area contributed by atoms with Crippen LogP contribution in [-0.4, -0.2) is 52.8 Å². The van der Waals surface area contributed by atoms with Gasteiger partial charge in [-0.2, -0.15) is 0 Å². The Balaban J connectivity index is 1.57. The summed E-state index contributed by atoms with van der Waals surface area (Å²) >= 11 is 1.22. The van der Waals surface area contributed by atoms with Crippen molar-refractivity contribution >= 4 is 28.3 Å². The number of carbonyl (C=O) groups is 2. The number of nitrogen functional groups attached to an aromatic ring is 1. The standard InChI is InChI=1S/C18H21N5O4S/c1-26-12-6-2-10(3-7-12)15-16(27-9-14(24)23(15)11-4-5-11)17(25)20-8-13-21-22-18(19)28-13/h2-3,6-7,11,15-16H,4-5,8-9H2,1H3,(H2,19,22)(H,20,25)/t15-,16+/m1/s1. The zero-order chi connectivity index (χ0) is 19.7. The Morgan fingerprint density at radius 1 is 1.36 bits per heavy atom. The summed E-state index contributed by atoms with van der Waals surface area (Å²) in [6.45, 7) is 0.104. The first kappa shape index (κ1) is 18.6. The lowest BCUT2D eigenvalue weighted by Gasteiger charge is -2.40. The molecule has 4 rings (SSSR count). The maximum absolute atomic E-state index is 12.9. The van der Waals surface area contributed by atoms with Crippen LogP contribution in [-0.2, 0) is 20.9 Å². The third-order valence-corrected chi connectivity index (χ3v) is 5.57. The molecule has 2 aromatic rings. The van der Waals surface area contributed by atoms with E-state index in [2.05, 4.69) is 15.5 Å². The molecule has 2 heterocycles. The average molecular weight is 403 g/mol. The summed E-state index contributed by atoms with van der Waals surface area (Å²) in [4.78, 5) is 27.3. The molecule has 0 spiro atoms. The third-order valence-electron chi connectivity index (χ3n) is 4.81. The van der Waals surface area contributed by atoms with E-state index in [1.165, 1.54) is 11.3 Å². The number of morpholine rings is 1. The number of rotatable bonds is 6. The molecule has 1 aliphatic heterocycles. The number of nitrogens with zero attached hydrogens (tertiary/aromatic N) is 3. The van der Waals surface area contributed by atoms with Crippen LogP contribution in [0.2, 0.25) is 0 Å². The van der Waals surface area contributed by atoms with E-state index >= 15 is 0 Å². The van der Waals surface area contributed by atoms with Gasteiger partial charge in [-0.1, -0.05) is 23.5 Å².